The number of ether oxygens (including phenoxy) is 2. The van der Waals surface area contributed by atoms with Gasteiger partial charge in [0.2, 0.25) is 5.88 Å². The normalized spacial score (nSPS) is 24.1. The predicted octanol–water partition coefficient (Wildman–Crippen LogP) is 7.75. The van der Waals surface area contributed by atoms with Crippen molar-refractivity contribution in [3.8, 4) is 17.7 Å². The molecule has 10 heteroatoms. The number of nitriles is 1. The fourth-order valence-electron chi connectivity index (χ4n) is 8.10. The van der Waals surface area contributed by atoms with E-state index in [1.807, 2.05) is 60.7 Å². The van der Waals surface area contributed by atoms with Crippen LogP contribution in [-0.2, 0) is 17.6 Å². The summed E-state index contributed by atoms with van der Waals surface area (Å²) in [5.74, 6) is -1.41. The maximum absolute atomic E-state index is 14.4. The number of halogens is 3. The molecule has 1 saturated carbocycles. The van der Waals surface area contributed by atoms with E-state index in [-0.39, 0.29) is 34.3 Å². The van der Waals surface area contributed by atoms with E-state index in [1.165, 1.54) is 25.3 Å². The first-order valence-corrected chi connectivity index (χ1v) is 16.1. The third-order valence-electron chi connectivity index (χ3n) is 10.1. The third kappa shape index (κ3) is 4.52. The number of aliphatic hydroxyl groups excluding tert-OH is 1. The standard InChI is InChI=1S/C39H28ClF2N3O4/c1-48-37-34-31(19-32(40)45-37)49-39(26-13-11-21(20-43)12-14-26)33(22-7-3-2-4-8-22)28(35(46)38(34,39)47)17-24-15-25(36(41)42)18-30-27(24)16-23-9-5-6-10-29(23)44-30/h2-16,18-19,28,33,35-36,46-47H,17H2,1H3/t28-,33-,35+,38-,39-/m0/s1. The van der Waals surface area contributed by atoms with Gasteiger partial charge in [0.05, 0.1) is 41.4 Å². The summed E-state index contributed by atoms with van der Waals surface area (Å²) in [4.78, 5) is 9.05. The Balaban J connectivity index is 1.41. The molecule has 49 heavy (non-hydrogen) atoms. The van der Waals surface area contributed by atoms with Crippen LogP contribution in [0.4, 0.5) is 8.78 Å². The molecule has 0 amide bonds. The molecule has 6 aromatic rings. The number of methoxy groups -OCH3 is 1. The fourth-order valence-corrected chi connectivity index (χ4v) is 8.27. The lowest BCUT2D eigenvalue weighted by molar-refractivity contribution is -0.152. The van der Waals surface area contributed by atoms with Crippen LogP contribution in [0.1, 0.15) is 45.7 Å². The number of para-hydroxylation sites is 1. The second kappa shape index (κ2) is 11.5. The van der Waals surface area contributed by atoms with Crippen LogP contribution < -0.4 is 9.47 Å². The number of hydrogen-bond acceptors (Lipinski definition) is 7. The molecule has 5 atom stereocenters. The number of rotatable bonds is 6. The molecule has 1 aliphatic carbocycles. The minimum Gasteiger partial charge on any atom is -0.481 e. The van der Waals surface area contributed by atoms with Crippen LogP contribution in [0.3, 0.4) is 0 Å². The Labute approximate surface area is 285 Å². The van der Waals surface area contributed by atoms with E-state index in [9.17, 15) is 24.3 Å². The quantitative estimate of drug-likeness (QED) is 0.137. The smallest absolute Gasteiger partial charge is 0.263 e. The SMILES string of the molecule is COc1nc(Cl)cc2c1[C@]1(O)[C@H](O)[C@@H](Cc3cc(C(F)F)cc4nc5ccccc5cc34)[C@H](c3ccccc3)[C@]1(c1ccc(C#N)cc1)O2. The highest BCUT2D eigenvalue weighted by atomic mass is 35.5. The summed E-state index contributed by atoms with van der Waals surface area (Å²) >= 11 is 6.38. The molecule has 0 spiro atoms. The first-order chi connectivity index (χ1) is 23.7. The molecule has 0 saturated heterocycles. The Morgan fingerprint density at radius 2 is 1.69 bits per heavy atom. The van der Waals surface area contributed by atoms with E-state index in [0.29, 0.717) is 33.1 Å². The molecule has 244 valence electrons. The van der Waals surface area contributed by atoms with Gasteiger partial charge in [-0.15, -0.1) is 0 Å². The summed E-state index contributed by atoms with van der Waals surface area (Å²) in [7, 11) is 1.39. The van der Waals surface area contributed by atoms with Crippen LogP contribution in [0.25, 0.3) is 21.8 Å². The Morgan fingerprint density at radius 1 is 0.959 bits per heavy atom. The lowest BCUT2D eigenvalue weighted by Gasteiger charge is -2.41. The molecular weight excluding hydrogens is 648 g/mol. The van der Waals surface area contributed by atoms with Crippen LogP contribution in [0.2, 0.25) is 5.15 Å². The first kappa shape index (κ1) is 31.1. The van der Waals surface area contributed by atoms with Gasteiger partial charge < -0.3 is 19.7 Å². The summed E-state index contributed by atoms with van der Waals surface area (Å²) in [6.07, 6.45) is -4.23. The van der Waals surface area contributed by atoms with Crippen molar-refractivity contribution in [2.24, 2.45) is 5.92 Å². The van der Waals surface area contributed by atoms with E-state index in [2.05, 4.69) is 11.1 Å². The van der Waals surface area contributed by atoms with Gasteiger partial charge in [-0.3, -0.25) is 0 Å². The molecule has 0 unspecified atom stereocenters. The Hall–Kier alpha value is -5.14. The monoisotopic (exact) mass is 675 g/mol. The molecule has 2 N–H and O–H groups in total. The number of aromatic nitrogens is 2. The zero-order valence-electron chi connectivity index (χ0n) is 26.0. The van der Waals surface area contributed by atoms with E-state index >= 15 is 0 Å². The first-order valence-electron chi connectivity index (χ1n) is 15.7. The Bertz CT molecular complexity index is 2300. The van der Waals surface area contributed by atoms with E-state index < -0.39 is 35.6 Å². The highest BCUT2D eigenvalue weighted by Gasteiger charge is 2.76. The van der Waals surface area contributed by atoms with Crippen molar-refractivity contribution < 1.29 is 28.5 Å². The van der Waals surface area contributed by atoms with Gasteiger partial charge in [-0.25, -0.2) is 18.7 Å². The molecule has 8 rings (SSSR count). The van der Waals surface area contributed by atoms with Crippen LogP contribution in [0.15, 0.2) is 103 Å². The molecule has 3 heterocycles. The number of fused-ring (bicyclic) bond motifs is 5. The van der Waals surface area contributed by atoms with Gasteiger partial charge in [0, 0.05) is 34.2 Å². The second-order valence-corrected chi connectivity index (χ2v) is 12.9. The van der Waals surface area contributed by atoms with Crippen molar-refractivity contribution in [1.82, 2.24) is 9.97 Å². The highest BCUT2D eigenvalue weighted by Crippen LogP contribution is 2.70. The van der Waals surface area contributed by atoms with Gasteiger partial charge >= 0.3 is 0 Å². The van der Waals surface area contributed by atoms with Crippen LogP contribution >= 0.6 is 11.6 Å². The number of benzene rings is 4. The van der Waals surface area contributed by atoms with Gasteiger partial charge in [0.15, 0.2) is 11.2 Å². The second-order valence-electron chi connectivity index (χ2n) is 12.6. The molecule has 0 bridgehead atoms. The zero-order valence-corrected chi connectivity index (χ0v) is 26.8. The van der Waals surface area contributed by atoms with Crippen LogP contribution in [0, 0.1) is 17.2 Å². The molecule has 0 radical (unpaired) electrons. The topological polar surface area (TPSA) is 108 Å². The maximum atomic E-state index is 14.4. The average Bonchev–Trinajstić information content (AvgIpc) is 3.48. The molecular formula is C39H28ClF2N3O4. The minimum absolute atomic E-state index is 0.0205. The summed E-state index contributed by atoms with van der Waals surface area (Å²) in [6.45, 7) is 0. The Morgan fingerprint density at radius 3 is 2.41 bits per heavy atom. The fraction of sp³-hybridized carbons (Fsp3) is 0.205. The van der Waals surface area contributed by atoms with Gasteiger partial charge in [-0.05, 0) is 59.5 Å². The van der Waals surface area contributed by atoms with Crippen molar-refractivity contribution >= 4 is 33.4 Å². The lowest BCUT2D eigenvalue weighted by atomic mass is 9.70. The van der Waals surface area contributed by atoms with Crippen molar-refractivity contribution in [2.45, 2.75) is 36.1 Å². The predicted molar refractivity (Wildman–Crippen MR) is 180 cm³/mol. The number of hydrogen-bond donors (Lipinski definition) is 2. The van der Waals surface area contributed by atoms with Crippen molar-refractivity contribution in [2.75, 3.05) is 7.11 Å². The van der Waals surface area contributed by atoms with E-state index in [0.717, 1.165) is 10.9 Å². The lowest BCUT2D eigenvalue weighted by Crippen LogP contribution is -2.52. The number of aliphatic hydroxyl groups is 2. The van der Waals surface area contributed by atoms with Crippen LogP contribution in [-0.4, -0.2) is 33.4 Å². The number of nitrogens with zero attached hydrogens (tertiary/aromatic N) is 3. The number of alkyl halides is 2. The zero-order chi connectivity index (χ0) is 34.1. The molecule has 2 aromatic heterocycles. The van der Waals surface area contributed by atoms with Gasteiger partial charge in [-0.2, -0.15) is 5.26 Å². The minimum atomic E-state index is -2.77. The maximum Gasteiger partial charge on any atom is 0.263 e. The highest BCUT2D eigenvalue weighted by molar-refractivity contribution is 6.29. The van der Waals surface area contributed by atoms with Crippen LogP contribution in [0.5, 0.6) is 11.6 Å². The molecule has 2 aliphatic rings. The van der Waals surface area contributed by atoms with Crippen molar-refractivity contribution in [3.05, 3.63) is 142 Å². The largest absolute Gasteiger partial charge is 0.481 e. The van der Waals surface area contributed by atoms with Gasteiger partial charge in [0.25, 0.3) is 6.43 Å². The average molecular weight is 676 g/mol. The van der Waals surface area contributed by atoms with E-state index in [1.54, 1.807) is 24.3 Å². The summed E-state index contributed by atoms with van der Waals surface area (Å²) in [5, 5.41) is 37.0. The molecule has 4 aromatic carbocycles. The van der Waals surface area contributed by atoms with Gasteiger partial charge in [-0.1, -0.05) is 72.3 Å². The molecule has 7 nitrogen and oxygen atoms in total. The van der Waals surface area contributed by atoms with Crippen molar-refractivity contribution in [1.29, 1.82) is 5.26 Å². The molecule has 1 aliphatic heterocycles. The van der Waals surface area contributed by atoms with E-state index in [4.69, 9.17) is 26.1 Å². The summed E-state index contributed by atoms with van der Waals surface area (Å²) in [6, 6.07) is 31.8. The van der Waals surface area contributed by atoms with Crippen molar-refractivity contribution in [3.63, 3.8) is 0 Å². The number of pyridine rings is 2. The van der Waals surface area contributed by atoms with Gasteiger partial charge in [0.1, 0.15) is 10.9 Å². The Kier molecular flexibility index (Phi) is 7.30. The summed E-state index contributed by atoms with van der Waals surface area (Å²) in [5.41, 5.74) is -0.732. The summed E-state index contributed by atoms with van der Waals surface area (Å²) < 4.78 is 41.3. The third-order valence-corrected chi connectivity index (χ3v) is 10.3. The molecule has 1 fully saturated rings.